The van der Waals surface area contributed by atoms with Crippen LogP contribution in [-0.4, -0.2) is 36.5 Å². The van der Waals surface area contributed by atoms with E-state index < -0.39 is 17.9 Å². The van der Waals surface area contributed by atoms with Crippen LogP contribution in [0.3, 0.4) is 0 Å². The van der Waals surface area contributed by atoms with Crippen LogP contribution in [0.15, 0.2) is 24.3 Å². The first kappa shape index (κ1) is 23.2. The summed E-state index contributed by atoms with van der Waals surface area (Å²) in [5.41, 5.74) is 0.283. The highest BCUT2D eigenvalue weighted by atomic mass is 35.5. The Morgan fingerprint density at radius 3 is 2.52 bits per heavy atom. The predicted octanol–water partition coefficient (Wildman–Crippen LogP) is 3.58. The number of esters is 1. The van der Waals surface area contributed by atoms with Crippen molar-refractivity contribution < 1.29 is 19.1 Å². The van der Waals surface area contributed by atoms with Crippen LogP contribution in [0.2, 0.25) is 5.02 Å². The van der Waals surface area contributed by atoms with Crippen molar-refractivity contribution in [3.05, 3.63) is 34.9 Å². The van der Waals surface area contributed by atoms with Crippen molar-refractivity contribution >= 4 is 29.4 Å². The van der Waals surface area contributed by atoms with Gasteiger partial charge < -0.3 is 15.4 Å². The molecule has 2 amide bonds. The van der Waals surface area contributed by atoms with E-state index in [1.165, 1.54) is 6.42 Å². The van der Waals surface area contributed by atoms with Crippen molar-refractivity contribution in [2.45, 2.75) is 59.0 Å². The van der Waals surface area contributed by atoms with Crippen molar-refractivity contribution in [1.82, 2.24) is 10.6 Å². The number of ether oxygens (including phenoxy) is 1. The number of halogens is 1. The Bertz CT molecular complexity index is 737. The summed E-state index contributed by atoms with van der Waals surface area (Å²) in [5.74, 6) is -0.676. The highest BCUT2D eigenvalue weighted by Gasteiger charge is 2.30. The van der Waals surface area contributed by atoms with E-state index in [1.54, 1.807) is 38.1 Å². The lowest BCUT2D eigenvalue weighted by molar-refractivity contribution is -0.151. The number of nitrogens with one attached hydrogen (secondary N) is 2. The lowest BCUT2D eigenvalue weighted by Crippen LogP contribution is -2.48. The molecule has 29 heavy (non-hydrogen) atoms. The normalized spacial score (nSPS) is 22.6. The minimum Gasteiger partial charge on any atom is -0.454 e. The number of rotatable bonds is 7. The Hall–Kier alpha value is -2.08. The summed E-state index contributed by atoms with van der Waals surface area (Å²) in [5, 5.41) is 5.94. The zero-order valence-electron chi connectivity index (χ0n) is 17.5. The Labute approximate surface area is 177 Å². The third kappa shape index (κ3) is 6.46. The molecule has 0 radical (unpaired) electrons. The van der Waals surface area contributed by atoms with Gasteiger partial charge in [0.05, 0.1) is 10.6 Å². The molecule has 1 aliphatic carbocycles. The molecule has 160 valence electrons. The Morgan fingerprint density at radius 1 is 1.17 bits per heavy atom. The Morgan fingerprint density at radius 2 is 1.86 bits per heavy atom. The number of hydrogen-bond donors (Lipinski definition) is 2. The molecule has 0 spiro atoms. The predicted molar refractivity (Wildman–Crippen MR) is 113 cm³/mol. The van der Waals surface area contributed by atoms with Crippen molar-refractivity contribution in [1.29, 1.82) is 0 Å². The summed E-state index contributed by atoms with van der Waals surface area (Å²) >= 11 is 6.05. The van der Waals surface area contributed by atoms with E-state index in [0.29, 0.717) is 16.9 Å². The van der Waals surface area contributed by atoms with Gasteiger partial charge in [-0.25, -0.2) is 4.79 Å². The third-order valence-corrected chi connectivity index (χ3v) is 6.05. The van der Waals surface area contributed by atoms with Gasteiger partial charge in [-0.15, -0.1) is 0 Å². The minimum atomic E-state index is -0.875. The fraction of sp³-hybridized carbons (Fsp3) is 0.591. The van der Waals surface area contributed by atoms with Crippen molar-refractivity contribution in [2.24, 2.45) is 17.8 Å². The van der Waals surface area contributed by atoms with Crippen LogP contribution in [0.5, 0.6) is 0 Å². The second kappa shape index (κ2) is 10.6. The summed E-state index contributed by atoms with van der Waals surface area (Å²) in [6.45, 7) is 7.56. The zero-order valence-corrected chi connectivity index (χ0v) is 18.3. The van der Waals surface area contributed by atoms with Crippen LogP contribution in [0.25, 0.3) is 0 Å². The van der Waals surface area contributed by atoms with E-state index in [4.69, 9.17) is 16.3 Å². The smallest absolute Gasteiger partial charge is 0.329 e. The molecule has 2 N–H and O–H groups in total. The molecule has 1 aromatic carbocycles. The summed E-state index contributed by atoms with van der Waals surface area (Å²) in [6.07, 6.45) is 3.19. The monoisotopic (exact) mass is 422 g/mol. The first-order valence-corrected chi connectivity index (χ1v) is 10.6. The Balaban J connectivity index is 1.90. The molecule has 7 heteroatoms. The number of carbonyl (C=O) groups excluding carboxylic acids is 3. The van der Waals surface area contributed by atoms with Gasteiger partial charge in [-0.3, -0.25) is 9.59 Å². The van der Waals surface area contributed by atoms with Gasteiger partial charge in [-0.2, -0.15) is 0 Å². The molecule has 0 bridgehead atoms. The minimum absolute atomic E-state index is 0.103. The van der Waals surface area contributed by atoms with Gasteiger partial charge in [0, 0.05) is 6.04 Å². The van der Waals surface area contributed by atoms with Crippen LogP contribution in [0.4, 0.5) is 0 Å². The average Bonchev–Trinajstić information content (AvgIpc) is 2.67. The molecule has 1 fully saturated rings. The van der Waals surface area contributed by atoms with Crippen molar-refractivity contribution in [2.75, 3.05) is 6.61 Å². The second-order valence-corrected chi connectivity index (χ2v) is 8.63. The fourth-order valence-corrected chi connectivity index (χ4v) is 3.84. The van der Waals surface area contributed by atoms with E-state index in [1.807, 2.05) is 0 Å². The number of benzene rings is 1. The standard InChI is InChI=1S/C22H31ClN2O4/c1-13(2)20(25-21(27)16-9-5-6-10-17(16)23)22(28)29-12-19(26)24-18-11-7-8-14(3)15(18)4/h5-6,9-10,13-15,18,20H,7-8,11-12H2,1-4H3,(H,24,26)(H,25,27)/t14?,15?,18?,20-/m1/s1. The molecule has 4 atom stereocenters. The first-order valence-electron chi connectivity index (χ1n) is 10.2. The summed E-state index contributed by atoms with van der Waals surface area (Å²) in [4.78, 5) is 37.2. The van der Waals surface area contributed by atoms with Gasteiger partial charge in [-0.05, 0) is 36.3 Å². The molecule has 0 aliphatic heterocycles. The molecular weight excluding hydrogens is 392 g/mol. The summed E-state index contributed by atoms with van der Waals surface area (Å²) < 4.78 is 5.20. The van der Waals surface area contributed by atoms with E-state index >= 15 is 0 Å². The number of hydrogen-bond acceptors (Lipinski definition) is 4. The molecule has 0 aromatic heterocycles. The third-order valence-electron chi connectivity index (χ3n) is 5.72. The van der Waals surface area contributed by atoms with Gasteiger partial charge in [0.25, 0.3) is 11.8 Å². The van der Waals surface area contributed by atoms with Crippen molar-refractivity contribution in [3.8, 4) is 0 Å². The van der Waals surface area contributed by atoms with Crippen LogP contribution in [-0.2, 0) is 14.3 Å². The quantitative estimate of drug-likeness (QED) is 0.658. The van der Waals surface area contributed by atoms with Gasteiger partial charge in [-0.1, -0.05) is 64.3 Å². The van der Waals surface area contributed by atoms with E-state index in [2.05, 4.69) is 24.5 Å². The van der Waals surface area contributed by atoms with Gasteiger partial charge in [0.2, 0.25) is 0 Å². The number of amides is 2. The SMILES string of the molecule is CC1CCCC(NC(=O)COC(=O)[C@H](NC(=O)c2ccccc2Cl)C(C)C)C1C. The maximum atomic E-state index is 12.5. The summed E-state index contributed by atoms with van der Waals surface area (Å²) in [7, 11) is 0. The maximum Gasteiger partial charge on any atom is 0.329 e. The molecule has 3 unspecified atom stereocenters. The lowest BCUT2D eigenvalue weighted by atomic mass is 9.78. The fourth-order valence-electron chi connectivity index (χ4n) is 3.62. The molecule has 2 rings (SSSR count). The second-order valence-electron chi connectivity index (χ2n) is 8.22. The number of carbonyl (C=O) groups is 3. The van der Waals surface area contributed by atoms with Gasteiger partial charge >= 0.3 is 5.97 Å². The molecule has 0 saturated heterocycles. The average molecular weight is 423 g/mol. The van der Waals surface area contributed by atoms with E-state index in [-0.39, 0.29) is 30.0 Å². The van der Waals surface area contributed by atoms with E-state index in [9.17, 15) is 14.4 Å². The van der Waals surface area contributed by atoms with Crippen LogP contribution in [0, 0.1) is 17.8 Å². The highest BCUT2D eigenvalue weighted by Crippen LogP contribution is 2.29. The summed E-state index contributed by atoms with van der Waals surface area (Å²) in [6, 6.07) is 5.84. The largest absolute Gasteiger partial charge is 0.454 e. The molecule has 0 heterocycles. The molecule has 6 nitrogen and oxygen atoms in total. The maximum absolute atomic E-state index is 12.5. The van der Waals surface area contributed by atoms with Crippen LogP contribution >= 0.6 is 11.6 Å². The van der Waals surface area contributed by atoms with Crippen LogP contribution in [0.1, 0.15) is 57.3 Å². The van der Waals surface area contributed by atoms with Gasteiger partial charge in [0.1, 0.15) is 6.04 Å². The zero-order chi connectivity index (χ0) is 21.6. The van der Waals surface area contributed by atoms with E-state index in [0.717, 1.165) is 12.8 Å². The molecular formula is C22H31ClN2O4. The first-order chi connectivity index (χ1) is 13.7. The lowest BCUT2D eigenvalue weighted by Gasteiger charge is -2.34. The molecule has 1 aliphatic rings. The Kier molecular flexibility index (Phi) is 8.50. The van der Waals surface area contributed by atoms with Crippen molar-refractivity contribution in [3.63, 3.8) is 0 Å². The highest BCUT2D eigenvalue weighted by molar-refractivity contribution is 6.33. The molecule has 1 saturated carbocycles. The van der Waals surface area contributed by atoms with Gasteiger partial charge in [0.15, 0.2) is 6.61 Å². The van der Waals surface area contributed by atoms with Crippen LogP contribution < -0.4 is 10.6 Å². The molecule has 1 aromatic rings. The topological polar surface area (TPSA) is 84.5 Å².